The van der Waals surface area contributed by atoms with E-state index in [0.29, 0.717) is 17.1 Å². The van der Waals surface area contributed by atoms with Crippen LogP contribution in [-0.2, 0) is 4.79 Å². The number of nitrogens with zero attached hydrogens (tertiary/aromatic N) is 1. The molecular formula is C11H12ClN3OS. The van der Waals surface area contributed by atoms with Crippen molar-refractivity contribution in [3.05, 3.63) is 23.2 Å². The number of hydrogen-bond acceptors (Lipinski definition) is 2. The molecule has 0 radical (unpaired) electrons. The van der Waals surface area contributed by atoms with Gasteiger partial charge in [-0.1, -0.05) is 11.6 Å². The molecule has 3 N–H and O–H groups in total. The van der Waals surface area contributed by atoms with Crippen molar-refractivity contribution >= 4 is 46.2 Å². The van der Waals surface area contributed by atoms with Crippen molar-refractivity contribution in [1.29, 1.82) is 0 Å². The zero-order valence-electron chi connectivity index (χ0n) is 9.07. The molecule has 1 aliphatic heterocycles. The van der Waals surface area contributed by atoms with Gasteiger partial charge in [-0.3, -0.25) is 4.79 Å². The van der Waals surface area contributed by atoms with E-state index in [2.05, 4.69) is 5.32 Å². The van der Waals surface area contributed by atoms with E-state index >= 15 is 0 Å². The van der Waals surface area contributed by atoms with Crippen LogP contribution in [0.15, 0.2) is 18.2 Å². The van der Waals surface area contributed by atoms with E-state index in [-0.39, 0.29) is 11.0 Å². The van der Waals surface area contributed by atoms with Crippen LogP contribution in [0.5, 0.6) is 0 Å². The fourth-order valence-electron chi connectivity index (χ4n) is 1.83. The molecule has 1 aromatic carbocycles. The minimum absolute atomic E-state index is 0.133. The summed E-state index contributed by atoms with van der Waals surface area (Å²) in [6.07, 6.45) is 1.49. The Labute approximate surface area is 110 Å². The monoisotopic (exact) mass is 269 g/mol. The van der Waals surface area contributed by atoms with Gasteiger partial charge in [0.2, 0.25) is 5.91 Å². The van der Waals surface area contributed by atoms with E-state index in [0.717, 1.165) is 18.7 Å². The van der Waals surface area contributed by atoms with E-state index < -0.39 is 0 Å². The molecule has 0 aliphatic carbocycles. The van der Waals surface area contributed by atoms with E-state index in [9.17, 15) is 4.79 Å². The van der Waals surface area contributed by atoms with Gasteiger partial charge in [0.05, 0.1) is 10.7 Å². The first-order valence-electron chi connectivity index (χ1n) is 5.24. The van der Waals surface area contributed by atoms with Crippen LogP contribution in [0, 0.1) is 0 Å². The highest BCUT2D eigenvalue weighted by Crippen LogP contribution is 2.29. The third kappa shape index (κ3) is 2.68. The number of nitrogens with one attached hydrogen (secondary N) is 1. The van der Waals surface area contributed by atoms with Crippen LogP contribution >= 0.6 is 23.8 Å². The second kappa shape index (κ2) is 4.89. The summed E-state index contributed by atoms with van der Waals surface area (Å²) in [5.74, 6) is 0.133. The first-order chi connectivity index (χ1) is 8.08. The van der Waals surface area contributed by atoms with Gasteiger partial charge < -0.3 is 16.0 Å². The number of benzene rings is 1. The summed E-state index contributed by atoms with van der Waals surface area (Å²) in [5, 5.41) is 3.46. The van der Waals surface area contributed by atoms with Crippen molar-refractivity contribution in [3.63, 3.8) is 0 Å². The van der Waals surface area contributed by atoms with E-state index in [1.54, 1.807) is 17.0 Å². The summed E-state index contributed by atoms with van der Waals surface area (Å²) < 4.78 is 0. The van der Waals surface area contributed by atoms with Crippen LogP contribution in [0.4, 0.5) is 11.4 Å². The summed E-state index contributed by atoms with van der Waals surface area (Å²) in [7, 11) is 0. The molecule has 2 rings (SSSR count). The van der Waals surface area contributed by atoms with Crippen molar-refractivity contribution in [2.75, 3.05) is 16.8 Å². The Hall–Kier alpha value is -1.33. The van der Waals surface area contributed by atoms with Gasteiger partial charge in [-0.05, 0) is 36.8 Å². The normalized spacial score (nSPS) is 15.1. The molecule has 6 heteroatoms. The molecule has 0 atom stereocenters. The summed E-state index contributed by atoms with van der Waals surface area (Å²) in [4.78, 5) is 13.4. The molecule has 1 aliphatic rings. The molecule has 0 unspecified atom stereocenters. The number of rotatable bonds is 2. The fourth-order valence-corrected chi connectivity index (χ4v) is 2.11. The lowest BCUT2D eigenvalue weighted by Gasteiger charge is -2.17. The van der Waals surface area contributed by atoms with Crippen LogP contribution in [0.3, 0.4) is 0 Å². The van der Waals surface area contributed by atoms with Gasteiger partial charge in [0, 0.05) is 18.7 Å². The van der Waals surface area contributed by atoms with Crippen molar-refractivity contribution in [1.82, 2.24) is 0 Å². The lowest BCUT2D eigenvalue weighted by Crippen LogP contribution is -2.24. The average molecular weight is 270 g/mol. The molecule has 1 heterocycles. The number of anilines is 2. The Morgan fingerprint density at radius 2 is 2.29 bits per heavy atom. The van der Waals surface area contributed by atoms with Crippen molar-refractivity contribution in [3.8, 4) is 0 Å². The highest BCUT2D eigenvalue weighted by atomic mass is 35.5. The van der Waals surface area contributed by atoms with Crippen LogP contribution in [0.1, 0.15) is 12.8 Å². The second-order valence-corrected chi connectivity index (χ2v) is 4.65. The smallest absolute Gasteiger partial charge is 0.227 e. The molecule has 17 heavy (non-hydrogen) atoms. The lowest BCUT2D eigenvalue weighted by atomic mass is 10.2. The molecule has 1 saturated heterocycles. The van der Waals surface area contributed by atoms with Crippen molar-refractivity contribution in [2.24, 2.45) is 5.73 Å². The number of amides is 1. The molecule has 4 nitrogen and oxygen atoms in total. The third-order valence-corrected chi connectivity index (χ3v) is 3.02. The van der Waals surface area contributed by atoms with Gasteiger partial charge in [-0.25, -0.2) is 0 Å². The highest BCUT2D eigenvalue weighted by Gasteiger charge is 2.22. The Morgan fingerprint density at radius 1 is 1.53 bits per heavy atom. The van der Waals surface area contributed by atoms with Crippen LogP contribution in [0.2, 0.25) is 5.02 Å². The number of halogens is 1. The fraction of sp³-hybridized carbons (Fsp3) is 0.273. The number of hydrogen-bond donors (Lipinski definition) is 2. The Balaban J connectivity index is 2.30. The molecule has 0 aromatic heterocycles. The standard InChI is InChI=1S/C11H12ClN3OS/c12-8-4-3-7(6-9(8)14-11(13)17)15-5-1-2-10(15)16/h3-4,6H,1-2,5H2,(H3,13,14,17). The van der Waals surface area contributed by atoms with Crippen molar-refractivity contribution < 1.29 is 4.79 Å². The van der Waals surface area contributed by atoms with Gasteiger partial charge in [0.1, 0.15) is 0 Å². The van der Waals surface area contributed by atoms with Gasteiger partial charge in [0.25, 0.3) is 0 Å². The van der Waals surface area contributed by atoms with Gasteiger partial charge >= 0.3 is 0 Å². The quantitative estimate of drug-likeness (QED) is 0.808. The van der Waals surface area contributed by atoms with Crippen molar-refractivity contribution in [2.45, 2.75) is 12.8 Å². The molecule has 1 fully saturated rings. The summed E-state index contributed by atoms with van der Waals surface area (Å²) in [6, 6.07) is 5.32. The maximum Gasteiger partial charge on any atom is 0.227 e. The summed E-state index contributed by atoms with van der Waals surface area (Å²) in [5.41, 5.74) is 6.84. The number of nitrogens with two attached hydrogens (primary N) is 1. The Kier molecular flexibility index (Phi) is 3.49. The van der Waals surface area contributed by atoms with Crippen LogP contribution in [-0.4, -0.2) is 17.6 Å². The number of carbonyl (C=O) groups excluding carboxylic acids is 1. The molecule has 1 amide bonds. The zero-order chi connectivity index (χ0) is 12.4. The van der Waals surface area contributed by atoms with Crippen LogP contribution in [0.25, 0.3) is 0 Å². The highest BCUT2D eigenvalue weighted by molar-refractivity contribution is 7.80. The predicted molar refractivity (Wildman–Crippen MR) is 73.4 cm³/mol. The van der Waals surface area contributed by atoms with Gasteiger partial charge in [-0.2, -0.15) is 0 Å². The van der Waals surface area contributed by atoms with E-state index in [1.165, 1.54) is 0 Å². The largest absolute Gasteiger partial charge is 0.376 e. The molecule has 90 valence electrons. The minimum atomic E-state index is 0.133. The van der Waals surface area contributed by atoms with Gasteiger partial charge in [0.15, 0.2) is 5.11 Å². The molecule has 1 aromatic rings. The first-order valence-corrected chi connectivity index (χ1v) is 6.03. The second-order valence-electron chi connectivity index (χ2n) is 3.80. The maximum absolute atomic E-state index is 11.6. The average Bonchev–Trinajstić information content (AvgIpc) is 2.67. The molecular weight excluding hydrogens is 258 g/mol. The predicted octanol–water partition coefficient (Wildman–Crippen LogP) is 2.12. The summed E-state index contributed by atoms with van der Waals surface area (Å²) in [6.45, 7) is 0.743. The first kappa shape index (κ1) is 12.1. The SMILES string of the molecule is NC(=S)Nc1cc(N2CCCC2=O)ccc1Cl. The summed E-state index contributed by atoms with van der Waals surface area (Å²) >= 11 is 10.8. The number of thiocarbonyl (C=S) groups is 1. The molecule has 0 saturated carbocycles. The maximum atomic E-state index is 11.6. The van der Waals surface area contributed by atoms with Gasteiger partial charge in [-0.15, -0.1) is 0 Å². The van der Waals surface area contributed by atoms with E-state index in [4.69, 9.17) is 29.6 Å². The van der Waals surface area contributed by atoms with E-state index in [1.807, 2.05) is 6.07 Å². The Bertz CT molecular complexity index is 478. The molecule has 0 bridgehead atoms. The Morgan fingerprint density at radius 3 is 2.88 bits per heavy atom. The molecule has 0 spiro atoms. The topological polar surface area (TPSA) is 58.4 Å². The number of carbonyl (C=O) groups is 1. The third-order valence-electron chi connectivity index (χ3n) is 2.59. The lowest BCUT2D eigenvalue weighted by molar-refractivity contribution is -0.117. The zero-order valence-corrected chi connectivity index (χ0v) is 10.6. The minimum Gasteiger partial charge on any atom is -0.376 e. The van der Waals surface area contributed by atoms with Crippen LogP contribution < -0.4 is 16.0 Å².